The van der Waals surface area contributed by atoms with E-state index in [0.717, 1.165) is 22.1 Å². The van der Waals surface area contributed by atoms with Crippen molar-refractivity contribution < 1.29 is 4.79 Å². The summed E-state index contributed by atoms with van der Waals surface area (Å²) in [6.07, 6.45) is 4.95. The van der Waals surface area contributed by atoms with Crippen LogP contribution in [0.2, 0.25) is 0 Å². The number of carbonyl (C=O) groups is 1. The van der Waals surface area contributed by atoms with Crippen molar-refractivity contribution in [3.63, 3.8) is 0 Å². The van der Waals surface area contributed by atoms with Crippen molar-refractivity contribution in [2.75, 3.05) is 13.1 Å². The molecule has 2 bridgehead atoms. The largest absolute Gasteiger partial charge is 0.336 e. The average molecular weight is 409 g/mol. The number of hydrogen-bond acceptors (Lipinski definition) is 4. The van der Waals surface area contributed by atoms with E-state index in [1.54, 1.807) is 17.4 Å². The maximum Gasteiger partial charge on any atom is 0.273 e. The summed E-state index contributed by atoms with van der Waals surface area (Å²) >= 11 is 1.59. The highest BCUT2D eigenvalue weighted by molar-refractivity contribution is 7.14. The quantitative estimate of drug-likeness (QED) is 0.667. The molecule has 0 radical (unpaired) electrons. The molecule has 29 heavy (non-hydrogen) atoms. The first-order valence-electron chi connectivity index (χ1n) is 10.1. The highest BCUT2D eigenvalue weighted by Gasteiger charge is 2.37. The second-order valence-corrected chi connectivity index (χ2v) is 9.37. The zero-order valence-electron chi connectivity index (χ0n) is 16.6. The lowest BCUT2D eigenvalue weighted by Crippen LogP contribution is -2.49. The minimum Gasteiger partial charge on any atom is -0.336 e. The number of hydrogen-bond donors (Lipinski definition) is 0. The minimum atomic E-state index is 0.0183. The van der Waals surface area contributed by atoms with Crippen LogP contribution in [0.3, 0.4) is 0 Å². The van der Waals surface area contributed by atoms with Gasteiger partial charge >= 0.3 is 0 Å². The third-order valence-corrected chi connectivity index (χ3v) is 7.33. The maximum absolute atomic E-state index is 13.5. The zero-order valence-corrected chi connectivity index (χ0v) is 17.4. The number of thiazole rings is 1. The highest BCUT2D eigenvalue weighted by Crippen LogP contribution is 2.37. The summed E-state index contributed by atoms with van der Waals surface area (Å²) in [4.78, 5) is 33.5. The van der Waals surface area contributed by atoms with Gasteiger partial charge in [0.05, 0.1) is 0 Å². The van der Waals surface area contributed by atoms with E-state index < -0.39 is 0 Å². The fourth-order valence-corrected chi connectivity index (χ4v) is 5.68. The van der Waals surface area contributed by atoms with E-state index in [1.807, 2.05) is 50.7 Å². The van der Waals surface area contributed by atoms with Crippen LogP contribution in [0.25, 0.3) is 5.13 Å². The topological polar surface area (TPSA) is 60.1 Å². The summed E-state index contributed by atoms with van der Waals surface area (Å²) in [5.74, 6) is 0.782. The van der Waals surface area contributed by atoms with Crippen LogP contribution >= 0.6 is 11.3 Å². The molecule has 1 fully saturated rings. The summed E-state index contributed by atoms with van der Waals surface area (Å²) in [6, 6.07) is 9.41. The molecule has 2 atom stereocenters. The first-order chi connectivity index (χ1) is 14.0. The summed E-state index contributed by atoms with van der Waals surface area (Å²) in [5.41, 5.74) is 1.70. The molecule has 2 aliphatic rings. The van der Waals surface area contributed by atoms with Crippen LogP contribution in [0.15, 0.2) is 47.5 Å². The highest BCUT2D eigenvalue weighted by atomic mass is 32.1. The molecule has 2 aliphatic heterocycles. The molecule has 0 aromatic carbocycles. The van der Waals surface area contributed by atoms with E-state index in [2.05, 4.69) is 13.8 Å². The van der Waals surface area contributed by atoms with Gasteiger partial charge in [-0.15, -0.1) is 11.3 Å². The number of piperidine rings is 1. The normalized spacial score (nSPS) is 20.7. The van der Waals surface area contributed by atoms with Crippen molar-refractivity contribution in [2.45, 2.75) is 38.6 Å². The van der Waals surface area contributed by atoms with Gasteiger partial charge in [0.2, 0.25) is 0 Å². The standard InChI is InChI=1S/C22H24N4O2S/c1-14(2)20-19(23-22(29-20)24-8-3-4-9-24)21(28)25-11-15-10-16(13-25)17-6-5-7-18(27)26(17)12-15/h3-9,14-16H,10-13H2,1-2H3. The predicted molar refractivity (Wildman–Crippen MR) is 113 cm³/mol. The van der Waals surface area contributed by atoms with Gasteiger partial charge in [-0.2, -0.15) is 0 Å². The fourth-order valence-electron chi connectivity index (χ4n) is 4.65. The molecule has 0 aliphatic carbocycles. The van der Waals surface area contributed by atoms with Gasteiger partial charge in [-0.05, 0) is 36.5 Å². The maximum atomic E-state index is 13.5. The lowest BCUT2D eigenvalue weighted by atomic mass is 9.83. The van der Waals surface area contributed by atoms with Crippen LogP contribution in [0.5, 0.6) is 0 Å². The Balaban J connectivity index is 1.47. The second kappa shape index (κ2) is 6.99. The molecular formula is C22H24N4O2S. The Morgan fingerprint density at radius 2 is 1.93 bits per heavy atom. The van der Waals surface area contributed by atoms with Crippen molar-refractivity contribution in [2.24, 2.45) is 5.92 Å². The van der Waals surface area contributed by atoms with Crippen molar-refractivity contribution >= 4 is 17.2 Å². The van der Waals surface area contributed by atoms with Gasteiger partial charge in [-0.1, -0.05) is 19.9 Å². The predicted octanol–water partition coefficient (Wildman–Crippen LogP) is 3.48. The molecule has 3 aromatic rings. The zero-order chi connectivity index (χ0) is 20.1. The Bertz CT molecular complexity index is 1110. The van der Waals surface area contributed by atoms with Crippen molar-refractivity contribution in [1.29, 1.82) is 0 Å². The molecule has 0 N–H and O–H groups in total. The van der Waals surface area contributed by atoms with Crippen molar-refractivity contribution in [3.05, 3.63) is 69.3 Å². The van der Waals surface area contributed by atoms with E-state index in [-0.39, 0.29) is 23.3 Å². The Hall–Kier alpha value is -2.67. The fraction of sp³-hybridized carbons (Fsp3) is 0.409. The Kier molecular flexibility index (Phi) is 4.42. The summed E-state index contributed by atoms with van der Waals surface area (Å²) in [7, 11) is 0. The minimum absolute atomic E-state index is 0.0183. The van der Waals surface area contributed by atoms with Gasteiger partial charge in [0, 0.05) is 54.6 Å². The number of amides is 1. The number of fused-ring (bicyclic) bond motifs is 4. The van der Waals surface area contributed by atoms with Crippen LogP contribution in [0, 0.1) is 5.92 Å². The molecular weight excluding hydrogens is 384 g/mol. The number of likely N-dealkylation sites (tertiary alicyclic amines) is 1. The molecule has 150 valence electrons. The molecule has 1 saturated heterocycles. The van der Waals surface area contributed by atoms with E-state index in [0.29, 0.717) is 31.2 Å². The Labute approximate surface area is 173 Å². The average Bonchev–Trinajstić information content (AvgIpc) is 3.38. The first-order valence-corrected chi connectivity index (χ1v) is 11.0. The summed E-state index contributed by atoms with van der Waals surface area (Å²) in [6.45, 7) is 6.24. The van der Waals surface area contributed by atoms with Gasteiger partial charge in [0.25, 0.3) is 11.5 Å². The number of aromatic nitrogens is 3. The molecule has 1 amide bonds. The van der Waals surface area contributed by atoms with E-state index in [1.165, 1.54) is 0 Å². The smallest absolute Gasteiger partial charge is 0.273 e. The first kappa shape index (κ1) is 18.4. The number of pyridine rings is 1. The molecule has 2 unspecified atom stereocenters. The van der Waals surface area contributed by atoms with E-state index >= 15 is 0 Å². The second-order valence-electron chi connectivity index (χ2n) is 8.36. The Morgan fingerprint density at radius 3 is 2.69 bits per heavy atom. The molecule has 5 rings (SSSR count). The Morgan fingerprint density at radius 1 is 1.14 bits per heavy atom. The SMILES string of the molecule is CC(C)c1sc(-n2cccc2)nc1C(=O)N1CC2CC(C1)c1cccc(=O)n1C2. The van der Waals surface area contributed by atoms with Crippen LogP contribution in [0.4, 0.5) is 0 Å². The van der Waals surface area contributed by atoms with Gasteiger partial charge in [-0.3, -0.25) is 9.59 Å². The lowest BCUT2D eigenvalue weighted by Gasteiger charge is -2.42. The molecule has 0 spiro atoms. The molecule has 0 saturated carbocycles. The van der Waals surface area contributed by atoms with Crippen molar-refractivity contribution in [3.8, 4) is 5.13 Å². The van der Waals surface area contributed by atoms with Gasteiger partial charge in [-0.25, -0.2) is 4.98 Å². The van der Waals surface area contributed by atoms with E-state index in [9.17, 15) is 9.59 Å². The summed E-state index contributed by atoms with van der Waals surface area (Å²) < 4.78 is 3.86. The number of carbonyl (C=O) groups excluding carboxylic acids is 1. The van der Waals surface area contributed by atoms with Gasteiger partial charge in [0.1, 0.15) is 5.69 Å². The lowest BCUT2D eigenvalue weighted by molar-refractivity contribution is 0.0588. The molecule has 3 aromatic heterocycles. The third-order valence-electron chi connectivity index (χ3n) is 5.96. The van der Waals surface area contributed by atoms with Crippen LogP contribution in [-0.4, -0.2) is 38.0 Å². The van der Waals surface area contributed by atoms with Crippen molar-refractivity contribution in [1.82, 2.24) is 19.0 Å². The monoisotopic (exact) mass is 408 g/mol. The van der Waals surface area contributed by atoms with Crippen LogP contribution < -0.4 is 5.56 Å². The number of rotatable bonds is 3. The number of nitrogens with zero attached hydrogens (tertiary/aromatic N) is 4. The van der Waals surface area contributed by atoms with Gasteiger partial charge < -0.3 is 14.0 Å². The van der Waals surface area contributed by atoms with E-state index in [4.69, 9.17) is 4.98 Å². The van der Waals surface area contributed by atoms with Gasteiger partial charge in [0.15, 0.2) is 5.13 Å². The third kappa shape index (κ3) is 3.13. The van der Waals surface area contributed by atoms with Crippen LogP contribution in [0.1, 0.15) is 53.2 Å². The molecule has 7 heteroatoms. The summed E-state index contributed by atoms with van der Waals surface area (Å²) in [5, 5.41) is 0.830. The molecule has 6 nitrogen and oxygen atoms in total. The van der Waals surface area contributed by atoms with Crippen LogP contribution in [-0.2, 0) is 6.54 Å². The molecule has 5 heterocycles.